The highest BCUT2D eigenvalue weighted by atomic mass is 127. The average molecular weight is 241 g/mol. The van der Waals surface area contributed by atoms with E-state index in [1.807, 2.05) is 13.8 Å². The Balaban J connectivity index is 3.78. The normalized spacial score (nSPS) is 12.4. The van der Waals surface area contributed by atoms with Crippen LogP contribution in [0.25, 0.3) is 0 Å². The van der Waals surface area contributed by atoms with Crippen LogP contribution in [0.15, 0.2) is 9.28 Å². The maximum absolute atomic E-state index is 11.6. The lowest BCUT2D eigenvalue weighted by atomic mass is 10.2. The Kier molecular flexibility index (Phi) is 5.23. The van der Waals surface area contributed by atoms with Gasteiger partial charge in [0.1, 0.15) is 0 Å². The maximum atomic E-state index is 11.6. The van der Waals surface area contributed by atoms with Crippen molar-refractivity contribution in [3.8, 4) is 0 Å². The molecule has 0 aromatic rings. The minimum Gasteiger partial charge on any atom is -0.398 e. The van der Waals surface area contributed by atoms with Crippen LogP contribution in [0.2, 0.25) is 0 Å². The van der Waals surface area contributed by atoms with Crippen molar-refractivity contribution < 1.29 is 4.32 Å². The second-order valence-corrected chi connectivity index (χ2v) is 2.84. The van der Waals surface area contributed by atoms with E-state index in [0.29, 0.717) is 0 Å². The molecule has 1 N–H and O–H groups in total. The molecule has 0 radical (unpaired) electrons. The van der Waals surface area contributed by atoms with Gasteiger partial charge in [0.05, 0.1) is 3.70 Å². The molecule has 0 heterocycles. The van der Waals surface area contributed by atoms with Crippen molar-refractivity contribution in [2.24, 2.45) is 0 Å². The van der Waals surface area contributed by atoms with Crippen LogP contribution < -0.4 is 5.23 Å². The SMILES string of the molecule is CC/C(C)=C(\I)NBF. The molecule has 0 spiro atoms. The fourth-order valence-corrected chi connectivity index (χ4v) is 0.890. The Morgan fingerprint density at radius 2 is 2.33 bits per heavy atom. The lowest BCUT2D eigenvalue weighted by molar-refractivity contribution is 0.842. The molecule has 9 heavy (non-hydrogen) atoms. The molecule has 52 valence electrons. The van der Waals surface area contributed by atoms with Crippen LogP contribution in [-0.2, 0) is 0 Å². The fraction of sp³-hybridized carbons (Fsp3) is 0.600. The molecule has 0 saturated carbocycles. The van der Waals surface area contributed by atoms with Gasteiger partial charge in [-0.15, -0.1) is 0 Å². The molecule has 0 atom stereocenters. The van der Waals surface area contributed by atoms with Gasteiger partial charge >= 0.3 is 7.69 Å². The Hall–Kier alpha value is 0.265. The zero-order chi connectivity index (χ0) is 7.28. The third-order valence-electron chi connectivity index (χ3n) is 1.13. The summed E-state index contributed by atoms with van der Waals surface area (Å²) in [5.41, 5.74) is 1.20. The average Bonchev–Trinajstić information content (AvgIpc) is 1.87. The summed E-state index contributed by atoms with van der Waals surface area (Å²) >= 11 is 2.10. The Bertz CT molecular complexity index is 116. The van der Waals surface area contributed by atoms with E-state index >= 15 is 0 Å². The first-order chi connectivity index (χ1) is 4.22. The van der Waals surface area contributed by atoms with E-state index in [-0.39, 0.29) is 0 Å². The van der Waals surface area contributed by atoms with Gasteiger partial charge in [-0.05, 0) is 41.5 Å². The van der Waals surface area contributed by atoms with Crippen LogP contribution >= 0.6 is 22.6 Å². The van der Waals surface area contributed by atoms with Crippen molar-refractivity contribution in [1.82, 2.24) is 5.23 Å². The van der Waals surface area contributed by atoms with Gasteiger partial charge in [0.25, 0.3) is 0 Å². The largest absolute Gasteiger partial charge is 0.442 e. The van der Waals surface area contributed by atoms with Crippen molar-refractivity contribution in [2.45, 2.75) is 20.3 Å². The third-order valence-corrected chi connectivity index (χ3v) is 2.43. The summed E-state index contributed by atoms with van der Waals surface area (Å²) in [7, 11) is -0.477. The Labute approximate surface area is 69.5 Å². The summed E-state index contributed by atoms with van der Waals surface area (Å²) in [6.07, 6.45) is 0.977. The van der Waals surface area contributed by atoms with E-state index in [0.717, 1.165) is 10.1 Å². The van der Waals surface area contributed by atoms with Crippen molar-refractivity contribution in [3.05, 3.63) is 9.28 Å². The second kappa shape index (κ2) is 5.08. The highest BCUT2D eigenvalue weighted by Crippen LogP contribution is 2.10. The minimum absolute atomic E-state index is 0.477. The van der Waals surface area contributed by atoms with Gasteiger partial charge in [0.15, 0.2) is 0 Å². The van der Waals surface area contributed by atoms with Crippen LogP contribution in [0.5, 0.6) is 0 Å². The molecule has 0 amide bonds. The molecule has 0 unspecified atom stereocenters. The smallest absolute Gasteiger partial charge is 0.398 e. The van der Waals surface area contributed by atoms with E-state index in [1.54, 1.807) is 0 Å². The molecule has 0 aliphatic heterocycles. The first kappa shape index (κ1) is 9.26. The number of hydrogen-bond donors (Lipinski definition) is 1. The van der Waals surface area contributed by atoms with Gasteiger partial charge in [-0.3, -0.25) is 0 Å². The highest BCUT2D eigenvalue weighted by Gasteiger charge is 1.94. The van der Waals surface area contributed by atoms with Crippen molar-refractivity contribution in [3.63, 3.8) is 0 Å². The number of rotatable bonds is 3. The van der Waals surface area contributed by atoms with Gasteiger partial charge in [-0.1, -0.05) is 6.92 Å². The molecule has 1 nitrogen and oxygen atoms in total. The molecular formula is C5H10BFIN. The molecule has 4 heteroatoms. The first-order valence-electron chi connectivity index (χ1n) is 2.87. The van der Waals surface area contributed by atoms with Crippen molar-refractivity contribution in [1.29, 1.82) is 0 Å². The predicted octanol–water partition coefficient (Wildman–Crippen LogP) is 1.89. The van der Waals surface area contributed by atoms with Gasteiger partial charge in [0.2, 0.25) is 0 Å². The number of nitrogens with one attached hydrogen (secondary N) is 1. The standard InChI is InChI=1S/C5H10BFIN/c1-3-4(2)5(8)9-6-7/h6,9H,3H2,1-2H3/b5-4+. The lowest BCUT2D eigenvalue weighted by Gasteiger charge is -2.01. The van der Waals surface area contributed by atoms with Crippen LogP contribution in [0, 0.1) is 0 Å². The molecule has 0 saturated heterocycles. The number of allylic oxidation sites excluding steroid dienone is 1. The highest BCUT2D eigenvalue weighted by molar-refractivity contribution is 14.1. The van der Waals surface area contributed by atoms with Gasteiger partial charge in [-0.25, -0.2) is 0 Å². The van der Waals surface area contributed by atoms with Crippen LogP contribution in [0.4, 0.5) is 4.32 Å². The zero-order valence-corrected chi connectivity index (χ0v) is 7.83. The minimum atomic E-state index is -0.477. The fourth-order valence-electron chi connectivity index (χ4n) is 0.365. The number of halogens is 2. The van der Waals surface area contributed by atoms with E-state index < -0.39 is 7.69 Å². The molecule has 0 aliphatic rings. The van der Waals surface area contributed by atoms with Crippen molar-refractivity contribution in [2.75, 3.05) is 0 Å². The molecule has 0 bridgehead atoms. The van der Waals surface area contributed by atoms with E-state index in [1.165, 1.54) is 5.57 Å². The molecule has 0 aliphatic carbocycles. The van der Waals surface area contributed by atoms with Crippen LogP contribution in [0.1, 0.15) is 20.3 Å². The predicted molar refractivity (Wildman–Crippen MR) is 48.4 cm³/mol. The van der Waals surface area contributed by atoms with Crippen molar-refractivity contribution >= 4 is 30.3 Å². The Morgan fingerprint density at radius 3 is 2.67 bits per heavy atom. The van der Waals surface area contributed by atoms with Gasteiger partial charge < -0.3 is 9.54 Å². The summed E-state index contributed by atoms with van der Waals surface area (Å²) in [5.74, 6) is 0. The lowest BCUT2D eigenvalue weighted by Crippen LogP contribution is -2.11. The van der Waals surface area contributed by atoms with E-state index in [4.69, 9.17) is 0 Å². The zero-order valence-electron chi connectivity index (χ0n) is 5.67. The van der Waals surface area contributed by atoms with Gasteiger partial charge in [0, 0.05) is 0 Å². The van der Waals surface area contributed by atoms with E-state index in [9.17, 15) is 4.32 Å². The first-order valence-corrected chi connectivity index (χ1v) is 3.95. The summed E-state index contributed by atoms with van der Waals surface area (Å²) in [6, 6.07) is 0. The summed E-state index contributed by atoms with van der Waals surface area (Å²) in [5, 5.41) is 2.60. The van der Waals surface area contributed by atoms with Crippen LogP contribution in [0.3, 0.4) is 0 Å². The molecule has 0 fully saturated rings. The topological polar surface area (TPSA) is 12.0 Å². The number of hydrogen-bond acceptors (Lipinski definition) is 1. The van der Waals surface area contributed by atoms with E-state index in [2.05, 4.69) is 27.8 Å². The second-order valence-electron chi connectivity index (χ2n) is 1.76. The molecule has 0 rings (SSSR count). The molecular weight excluding hydrogens is 231 g/mol. The van der Waals surface area contributed by atoms with Crippen LogP contribution in [-0.4, -0.2) is 7.69 Å². The summed E-state index contributed by atoms with van der Waals surface area (Å²) in [4.78, 5) is 0. The monoisotopic (exact) mass is 241 g/mol. The molecule has 0 aromatic carbocycles. The maximum Gasteiger partial charge on any atom is 0.442 e. The quantitative estimate of drug-likeness (QED) is 0.452. The third kappa shape index (κ3) is 3.78. The molecule has 0 aromatic heterocycles. The Morgan fingerprint density at radius 1 is 1.78 bits per heavy atom. The summed E-state index contributed by atoms with van der Waals surface area (Å²) < 4.78 is 12.5. The summed E-state index contributed by atoms with van der Waals surface area (Å²) in [6.45, 7) is 4.04. The van der Waals surface area contributed by atoms with Gasteiger partial charge in [-0.2, -0.15) is 0 Å².